The first-order chi connectivity index (χ1) is 15.6. The van der Waals surface area contributed by atoms with Crippen molar-refractivity contribution in [2.75, 3.05) is 6.61 Å². The first-order valence-electron chi connectivity index (χ1n) is 10.3. The van der Waals surface area contributed by atoms with Gasteiger partial charge in [0.2, 0.25) is 0 Å². The summed E-state index contributed by atoms with van der Waals surface area (Å²) in [4.78, 5) is 24.3. The van der Waals surface area contributed by atoms with Crippen molar-refractivity contribution < 1.29 is 9.53 Å². The lowest BCUT2D eigenvalue weighted by molar-refractivity contribution is 0.0526. The predicted octanol–water partition coefficient (Wildman–Crippen LogP) is 3.91. The third-order valence-electron chi connectivity index (χ3n) is 5.37. The topological polar surface area (TPSA) is 79.0 Å². The molecule has 0 bridgehead atoms. The Labute approximate surface area is 183 Å². The Morgan fingerprint density at radius 3 is 2.62 bits per heavy atom. The number of pyridine rings is 1. The Bertz CT molecular complexity index is 1450. The summed E-state index contributed by atoms with van der Waals surface area (Å²) in [6.45, 7) is 2.57. The van der Waals surface area contributed by atoms with Crippen molar-refractivity contribution >= 4 is 16.9 Å². The van der Waals surface area contributed by atoms with E-state index in [2.05, 4.69) is 14.9 Å². The van der Waals surface area contributed by atoms with Crippen molar-refractivity contribution in [3.05, 3.63) is 100 Å². The monoisotopic (exact) mass is 424 g/mol. The summed E-state index contributed by atoms with van der Waals surface area (Å²) >= 11 is 0. The molecule has 0 fully saturated rings. The second kappa shape index (κ2) is 8.11. The van der Waals surface area contributed by atoms with Crippen molar-refractivity contribution in [2.24, 2.45) is 0 Å². The minimum Gasteiger partial charge on any atom is -0.462 e. The molecule has 2 heterocycles. The Kier molecular flexibility index (Phi) is 4.99. The van der Waals surface area contributed by atoms with Gasteiger partial charge in [-0.15, -0.1) is 5.10 Å². The van der Waals surface area contributed by atoms with Gasteiger partial charge in [0.05, 0.1) is 36.3 Å². The van der Waals surface area contributed by atoms with Crippen molar-refractivity contribution in [1.82, 2.24) is 19.6 Å². The lowest BCUT2D eigenvalue weighted by atomic mass is 10.0. The van der Waals surface area contributed by atoms with Gasteiger partial charge in [-0.05, 0) is 60.8 Å². The smallest absolute Gasteiger partial charge is 0.338 e. The minimum atomic E-state index is -0.352. The highest BCUT2D eigenvalue weighted by Gasteiger charge is 2.15. The van der Waals surface area contributed by atoms with E-state index in [0.717, 1.165) is 28.0 Å². The van der Waals surface area contributed by atoms with Crippen LogP contribution in [0.25, 0.3) is 27.8 Å². The molecule has 3 aromatic rings. The number of benzene rings is 3. The van der Waals surface area contributed by atoms with E-state index in [1.807, 2.05) is 42.6 Å². The molecule has 1 aromatic heterocycles. The second-order valence-electron chi connectivity index (χ2n) is 7.40. The fourth-order valence-corrected chi connectivity index (χ4v) is 3.85. The molecule has 0 saturated heterocycles. The number of carbonyl (C=O) groups is 1. The molecule has 1 aliphatic heterocycles. The van der Waals surface area contributed by atoms with E-state index in [-0.39, 0.29) is 11.4 Å². The molecule has 1 aliphatic carbocycles. The summed E-state index contributed by atoms with van der Waals surface area (Å²) in [5.41, 5.74) is 4.55. The maximum absolute atomic E-state index is 12.5. The van der Waals surface area contributed by atoms with Crippen LogP contribution in [0.1, 0.15) is 23.0 Å². The molecular formula is C25H20N4O3. The van der Waals surface area contributed by atoms with Gasteiger partial charge in [-0.25, -0.2) is 9.48 Å². The Balaban J connectivity index is 1.50. The van der Waals surface area contributed by atoms with Crippen LogP contribution < -0.4 is 5.43 Å². The van der Waals surface area contributed by atoms with Gasteiger partial charge in [-0.1, -0.05) is 29.5 Å². The Hall–Kier alpha value is -4.26. The van der Waals surface area contributed by atoms with Crippen LogP contribution in [0.4, 0.5) is 0 Å². The van der Waals surface area contributed by atoms with Gasteiger partial charge in [0.15, 0.2) is 5.43 Å². The molecule has 0 saturated carbocycles. The molecular weight excluding hydrogens is 404 g/mol. The highest BCUT2D eigenvalue weighted by Crippen LogP contribution is 2.26. The number of esters is 1. The summed E-state index contributed by atoms with van der Waals surface area (Å²) in [6, 6.07) is 22.2. The number of nitrogens with zero attached hydrogens (tertiary/aromatic N) is 4. The van der Waals surface area contributed by atoms with Crippen LogP contribution in [0, 0.1) is 0 Å². The summed E-state index contributed by atoms with van der Waals surface area (Å²) < 4.78 is 8.78. The molecule has 32 heavy (non-hydrogen) atoms. The van der Waals surface area contributed by atoms with E-state index in [1.54, 1.807) is 48.0 Å². The van der Waals surface area contributed by atoms with E-state index < -0.39 is 0 Å². The van der Waals surface area contributed by atoms with Crippen LogP contribution in [0.5, 0.6) is 0 Å². The fraction of sp³-hybridized carbons (Fsp3) is 0.120. The molecule has 0 amide bonds. The van der Waals surface area contributed by atoms with Gasteiger partial charge >= 0.3 is 5.97 Å². The molecule has 5 rings (SSSR count). The molecule has 2 aliphatic rings. The molecule has 0 spiro atoms. The van der Waals surface area contributed by atoms with Gasteiger partial charge in [0.25, 0.3) is 0 Å². The van der Waals surface area contributed by atoms with Crippen LogP contribution in [-0.4, -0.2) is 32.1 Å². The zero-order valence-electron chi connectivity index (χ0n) is 17.4. The van der Waals surface area contributed by atoms with E-state index in [9.17, 15) is 9.59 Å². The number of ether oxygens (including phenoxy) is 1. The van der Waals surface area contributed by atoms with Gasteiger partial charge in [-0.3, -0.25) is 4.79 Å². The number of aromatic nitrogens is 4. The zero-order valence-corrected chi connectivity index (χ0v) is 17.4. The molecule has 0 atom stereocenters. The summed E-state index contributed by atoms with van der Waals surface area (Å²) in [6.07, 6.45) is 1.85. The maximum Gasteiger partial charge on any atom is 0.338 e. The lowest BCUT2D eigenvalue weighted by Gasteiger charge is -2.17. The van der Waals surface area contributed by atoms with Crippen LogP contribution in [-0.2, 0) is 11.3 Å². The second-order valence-corrected chi connectivity index (χ2v) is 7.40. The zero-order chi connectivity index (χ0) is 22.1. The molecule has 158 valence electrons. The molecule has 0 unspecified atom stereocenters. The maximum atomic E-state index is 12.5. The normalized spacial score (nSPS) is 11.2. The third-order valence-corrected chi connectivity index (χ3v) is 5.37. The fourth-order valence-electron chi connectivity index (χ4n) is 3.85. The van der Waals surface area contributed by atoms with Crippen molar-refractivity contribution in [3.8, 4) is 16.9 Å². The van der Waals surface area contributed by atoms with Crippen LogP contribution in [0.15, 0.2) is 83.8 Å². The van der Waals surface area contributed by atoms with Gasteiger partial charge in [0.1, 0.15) is 5.69 Å². The molecule has 2 aromatic carbocycles. The van der Waals surface area contributed by atoms with Gasteiger partial charge in [-0.2, -0.15) is 0 Å². The van der Waals surface area contributed by atoms with Crippen LogP contribution in [0.2, 0.25) is 0 Å². The summed E-state index contributed by atoms with van der Waals surface area (Å²) in [5, 5.41) is 9.57. The average Bonchev–Trinajstić information content (AvgIpc) is 3.28. The van der Waals surface area contributed by atoms with Crippen LogP contribution >= 0.6 is 0 Å². The average molecular weight is 424 g/mol. The molecule has 0 radical (unpaired) electrons. The number of para-hydroxylation sites is 1. The van der Waals surface area contributed by atoms with Crippen LogP contribution in [0.3, 0.4) is 0 Å². The van der Waals surface area contributed by atoms with E-state index in [1.165, 1.54) is 0 Å². The SMILES string of the molecule is CCOC(=O)c1ccc(-n2cc(Cn3c4cccc(=O)c-4cc4ccccc43)nn2)cc1. The first-order valence-corrected chi connectivity index (χ1v) is 10.3. The van der Waals surface area contributed by atoms with E-state index in [4.69, 9.17) is 4.74 Å². The van der Waals surface area contributed by atoms with Crippen molar-refractivity contribution in [2.45, 2.75) is 13.5 Å². The quantitative estimate of drug-likeness (QED) is 0.316. The predicted molar refractivity (Wildman–Crippen MR) is 121 cm³/mol. The number of fused-ring (bicyclic) bond motifs is 2. The molecule has 7 heteroatoms. The number of rotatable bonds is 5. The highest BCUT2D eigenvalue weighted by molar-refractivity contribution is 5.89. The van der Waals surface area contributed by atoms with Crippen molar-refractivity contribution in [3.63, 3.8) is 0 Å². The number of carbonyl (C=O) groups excluding carboxylic acids is 1. The largest absolute Gasteiger partial charge is 0.462 e. The molecule has 0 N–H and O–H groups in total. The Morgan fingerprint density at radius 2 is 1.81 bits per heavy atom. The minimum absolute atomic E-state index is 0.00709. The number of hydrogen-bond acceptors (Lipinski definition) is 5. The highest BCUT2D eigenvalue weighted by atomic mass is 16.5. The summed E-state index contributed by atoms with van der Waals surface area (Å²) in [7, 11) is 0. The van der Waals surface area contributed by atoms with Gasteiger partial charge in [0, 0.05) is 11.1 Å². The Morgan fingerprint density at radius 1 is 1.00 bits per heavy atom. The first kappa shape index (κ1) is 19.7. The summed E-state index contributed by atoms with van der Waals surface area (Å²) in [5.74, 6) is -0.352. The van der Waals surface area contributed by atoms with Crippen molar-refractivity contribution in [1.29, 1.82) is 0 Å². The molecule has 7 nitrogen and oxygen atoms in total. The van der Waals surface area contributed by atoms with E-state index >= 15 is 0 Å². The van der Waals surface area contributed by atoms with Gasteiger partial charge < -0.3 is 9.30 Å². The number of hydrogen-bond donors (Lipinski definition) is 0. The third kappa shape index (κ3) is 3.54. The van der Waals surface area contributed by atoms with E-state index in [0.29, 0.717) is 24.3 Å². The standard InChI is InChI=1S/C25H20N4O3/c1-2-32-25(31)17-10-12-20(13-11-17)29-16-19(26-27-29)15-28-22-7-4-3-6-18(22)14-21-23(28)8-5-9-24(21)30/h3-14,16H,2,15H2,1H3. The lowest BCUT2D eigenvalue weighted by Crippen LogP contribution is -2.13.